The van der Waals surface area contributed by atoms with Gasteiger partial charge in [0.1, 0.15) is 0 Å². The maximum atomic E-state index is 9.31. The second kappa shape index (κ2) is 5.99. The zero-order valence-corrected chi connectivity index (χ0v) is 14.3. The van der Waals surface area contributed by atoms with Crippen LogP contribution < -0.4 is 0 Å². The Morgan fingerprint density at radius 1 is 1.29 bits per heavy atom. The van der Waals surface area contributed by atoms with Gasteiger partial charge < -0.3 is 0 Å². The van der Waals surface area contributed by atoms with Crippen LogP contribution >= 0.6 is 11.6 Å². The molecule has 0 amide bonds. The largest absolute Gasteiger partial charge is 0.298 e. The highest BCUT2D eigenvalue weighted by atomic mass is 35.5. The van der Waals surface area contributed by atoms with Gasteiger partial charge in [-0.15, -0.1) is 0 Å². The quantitative estimate of drug-likeness (QED) is 0.792. The number of hydrogen-bond donors (Lipinski definition) is 0. The molecule has 0 aliphatic carbocycles. The smallest absolute Gasteiger partial charge is 0.0631 e. The lowest BCUT2D eigenvalue weighted by Gasteiger charge is -2.46. The topological polar surface area (TPSA) is 27.0 Å². The third kappa shape index (κ3) is 3.42. The molecule has 2 rings (SSSR count). The molecule has 1 saturated heterocycles. The molecule has 3 heteroatoms. The molecule has 1 aromatic carbocycles. The van der Waals surface area contributed by atoms with Crippen LogP contribution in [0, 0.1) is 18.3 Å². The van der Waals surface area contributed by atoms with Gasteiger partial charge in [0.25, 0.3) is 0 Å². The van der Waals surface area contributed by atoms with Crippen molar-refractivity contribution < 1.29 is 0 Å². The number of nitrogens with zero attached hydrogens (tertiary/aromatic N) is 2. The Kier molecular flexibility index (Phi) is 4.66. The van der Waals surface area contributed by atoms with Crippen LogP contribution in [0.15, 0.2) is 18.2 Å². The summed E-state index contributed by atoms with van der Waals surface area (Å²) in [5, 5.41) is 10.1. The van der Waals surface area contributed by atoms with Crippen molar-refractivity contribution in [3.05, 3.63) is 34.3 Å². The number of benzene rings is 1. The molecular weight excluding hydrogens is 280 g/mol. The van der Waals surface area contributed by atoms with E-state index in [1.165, 1.54) is 5.56 Å². The maximum Gasteiger partial charge on any atom is 0.0631 e. The Labute approximate surface area is 133 Å². The van der Waals surface area contributed by atoms with E-state index < -0.39 is 0 Å². The normalized spacial score (nSPS) is 19.2. The standard InChI is InChI=1S/C18H25ClN2/c1-14-13-15(5-6-16(14)19)18(7-10-20)8-11-21(12-9-18)17(2,3)4/h5-6,13H,7-9,11-12H2,1-4H3. The Bertz CT molecular complexity index is 543. The van der Waals surface area contributed by atoms with E-state index in [-0.39, 0.29) is 11.0 Å². The fourth-order valence-corrected chi connectivity index (χ4v) is 3.42. The van der Waals surface area contributed by atoms with Crippen LogP contribution in [-0.2, 0) is 5.41 Å². The summed E-state index contributed by atoms with van der Waals surface area (Å²) >= 11 is 6.15. The van der Waals surface area contributed by atoms with Crippen molar-refractivity contribution in [3.8, 4) is 6.07 Å². The van der Waals surface area contributed by atoms with Gasteiger partial charge in [-0.25, -0.2) is 0 Å². The fourth-order valence-electron chi connectivity index (χ4n) is 3.30. The van der Waals surface area contributed by atoms with Crippen LogP contribution in [0.4, 0.5) is 0 Å². The number of halogens is 1. The first kappa shape index (κ1) is 16.3. The van der Waals surface area contributed by atoms with Crippen molar-refractivity contribution in [2.75, 3.05) is 13.1 Å². The molecule has 1 aromatic rings. The van der Waals surface area contributed by atoms with E-state index in [4.69, 9.17) is 11.6 Å². The van der Waals surface area contributed by atoms with Crippen molar-refractivity contribution in [2.45, 2.75) is 57.9 Å². The predicted molar refractivity (Wildman–Crippen MR) is 88.7 cm³/mol. The summed E-state index contributed by atoms with van der Waals surface area (Å²) in [4.78, 5) is 2.52. The molecule has 0 spiro atoms. The van der Waals surface area contributed by atoms with Crippen LogP contribution in [-0.4, -0.2) is 23.5 Å². The van der Waals surface area contributed by atoms with Crippen molar-refractivity contribution in [1.29, 1.82) is 5.26 Å². The first-order chi connectivity index (χ1) is 9.78. The monoisotopic (exact) mass is 304 g/mol. The number of aryl methyl sites for hydroxylation is 1. The number of nitriles is 1. The predicted octanol–water partition coefficient (Wildman–Crippen LogP) is 4.69. The Hall–Kier alpha value is -1.04. The lowest BCUT2D eigenvalue weighted by Crippen LogP contribution is -2.50. The van der Waals surface area contributed by atoms with E-state index in [1.54, 1.807) is 0 Å². The minimum Gasteiger partial charge on any atom is -0.298 e. The molecule has 0 unspecified atom stereocenters. The van der Waals surface area contributed by atoms with E-state index in [0.29, 0.717) is 6.42 Å². The van der Waals surface area contributed by atoms with Crippen LogP contribution in [0.25, 0.3) is 0 Å². The number of piperidine rings is 1. The molecule has 0 atom stereocenters. The van der Waals surface area contributed by atoms with Gasteiger partial charge in [-0.3, -0.25) is 4.90 Å². The molecule has 0 radical (unpaired) electrons. The summed E-state index contributed by atoms with van der Waals surface area (Å²) in [6.45, 7) is 10.9. The first-order valence-electron chi connectivity index (χ1n) is 7.67. The summed E-state index contributed by atoms with van der Waals surface area (Å²) < 4.78 is 0. The highest BCUT2D eigenvalue weighted by molar-refractivity contribution is 6.31. The summed E-state index contributed by atoms with van der Waals surface area (Å²) in [5.41, 5.74) is 2.57. The van der Waals surface area contributed by atoms with E-state index in [0.717, 1.165) is 36.5 Å². The van der Waals surface area contributed by atoms with Crippen molar-refractivity contribution in [1.82, 2.24) is 4.90 Å². The molecule has 114 valence electrons. The molecule has 0 saturated carbocycles. The lowest BCUT2D eigenvalue weighted by molar-refractivity contribution is 0.0752. The van der Waals surface area contributed by atoms with Gasteiger partial charge in [-0.2, -0.15) is 5.26 Å². The summed E-state index contributed by atoms with van der Waals surface area (Å²) in [6.07, 6.45) is 2.67. The van der Waals surface area contributed by atoms with Crippen LogP contribution in [0.1, 0.15) is 51.2 Å². The highest BCUT2D eigenvalue weighted by Crippen LogP contribution is 2.40. The van der Waals surface area contributed by atoms with E-state index in [9.17, 15) is 5.26 Å². The zero-order chi connectivity index (χ0) is 15.7. The van der Waals surface area contributed by atoms with E-state index >= 15 is 0 Å². The van der Waals surface area contributed by atoms with Gasteiger partial charge in [-0.05, 0) is 70.8 Å². The first-order valence-corrected chi connectivity index (χ1v) is 8.05. The molecule has 0 aromatic heterocycles. The molecule has 0 N–H and O–H groups in total. The van der Waals surface area contributed by atoms with Gasteiger partial charge >= 0.3 is 0 Å². The van der Waals surface area contributed by atoms with Crippen molar-refractivity contribution >= 4 is 11.6 Å². The Balaban J connectivity index is 2.27. The summed E-state index contributed by atoms with van der Waals surface area (Å²) in [7, 11) is 0. The Morgan fingerprint density at radius 2 is 1.90 bits per heavy atom. The fraction of sp³-hybridized carbons (Fsp3) is 0.611. The third-order valence-corrected chi connectivity index (χ3v) is 5.28. The summed E-state index contributed by atoms with van der Waals surface area (Å²) in [5.74, 6) is 0. The lowest BCUT2D eigenvalue weighted by atomic mass is 9.70. The zero-order valence-electron chi connectivity index (χ0n) is 13.5. The van der Waals surface area contributed by atoms with Gasteiger partial charge in [-0.1, -0.05) is 23.7 Å². The average Bonchev–Trinajstić information content (AvgIpc) is 2.41. The minimum absolute atomic E-state index is 0.00809. The molecule has 0 bridgehead atoms. The number of likely N-dealkylation sites (tertiary alicyclic amines) is 1. The summed E-state index contributed by atoms with van der Waals surface area (Å²) in [6, 6.07) is 8.67. The molecule has 1 heterocycles. The van der Waals surface area contributed by atoms with Crippen LogP contribution in [0.5, 0.6) is 0 Å². The van der Waals surface area contributed by atoms with E-state index in [1.807, 2.05) is 13.0 Å². The van der Waals surface area contributed by atoms with Crippen molar-refractivity contribution in [3.63, 3.8) is 0 Å². The Morgan fingerprint density at radius 3 is 2.38 bits per heavy atom. The van der Waals surface area contributed by atoms with Crippen LogP contribution in [0.2, 0.25) is 5.02 Å². The molecule has 2 nitrogen and oxygen atoms in total. The second-order valence-corrected chi connectivity index (χ2v) is 7.64. The highest BCUT2D eigenvalue weighted by Gasteiger charge is 2.38. The number of hydrogen-bond acceptors (Lipinski definition) is 2. The van der Waals surface area contributed by atoms with Gasteiger partial charge in [0.15, 0.2) is 0 Å². The SMILES string of the molecule is Cc1cc(C2(CC#N)CCN(C(C)(C)C)CC2)ccc1Cl. The maximum absolute atomic E-state index is 9.31. The molecule has 1 aliphatic heterocycles. The van der Waals surface area contributed by atoms with Crippen molar-refractivity contribution in [2.24, 2.45) is 0 Å². The average molecular weight is 305 g/mol. The molecule has 1 fully saturated rings. The molecule has 1 aliphatic rings. The van der Waals surface area contributed by atoms with Gasteiger partial charge in [0.05, 0.1) is 6.07 Å². The van der Waals surface area contributed by atoms with Gasteiger partial charge in [0, 0.05) is 22.4 Å². The van der Waals surface area contributed by atoms with Gasteiger partial charge in [0.2, 0.25) is 0 Å². The minimum atomic E-state index is -0.00809. The molecule has 21 heavy (non-hydrogen) atoms. The second-order valence-electron chi connectivity index (χ2n) is 7.24. The van der Waals surface area contributed by atoms with E-state index in [2.05, 4.69) is 43.9 Å². The number of rotatable bonds is 2. The third-order valence-electron chi connectivity index (χ3n) is 4.86. The molecular formula is C18H25ClN2. The van der Waals surface area contributed by atoms with Crippen LogP contribution in [0.3, 0.4) is 0 Å².